The largest absolute Gasteiger partial charge is 0.492 e. The molecule has 0 unspecified atom stereocenters. The number of carbonyl (C=O) groups excluding carboxylic acids is 2. The maximum absolute atomic E-state index is 11.8. The third kappa shape index (κ3) is 3.56. The van der Waals surface area contributed by atoms with Gasteiger partial charge in [-0.25, -0.2) is 4.98 Å². The topological polar surface area (TPSA) is 104 Å². The second kappa shape index (κ2) is 6.82. The Bertz CT molecular complexity index is 863. The van der Waals surface area contributed by atoms with Crippen LogP contribution in [-0.4, -0.2) is 36.1 Å². The molecule has 3 N–H and O–H groups in total. The number of benzene rings is 1. The Hall–Kier alpha value is -2.83. The third-order valence-electron chi connectivity index (χ3n) is 4.77. The van der Waals surface area contributed by atoms with Gasteiger partial charge in [-0.1, -0.05) is 0 Å². The Morgan fingerprint density at radius 1 is 1.23 bits per heavy atom. The summed E-state index contributed by atoms with van der Waals surface area (Å²) in [5.41, 5.74) is 5.87. The standard InChI is InChI=1S/C19H21N3O4/c20-18(24)15-7-12-5-6-21-19(26-10-13-3-4-17(23)22-13)14(12)8-16(15)25-9-11-1-2-11/h5-8,11,13H,1-4,9-10H2,(H2,20,24)(H,22,23)/t13-/m0/s1. The molecule has 1 aliphatic carbocycles. The molecule has 1 saturated heterocycles. The molecule has 7 nitrogen and oxygen atoms in total. The summed E-state index contributed by atoms with van der Waals surface area (Å²) in [6.45, 7) is 0.935. The molecule has 2 heterocycles. The molecule has 2 amide bonds. The average Bonchev–Trinajstić information content (AvgIpc) is 3.37. The second-order valence-electron chi connectivity index (χ2n) is 6.92. The van der Waals surface area contributed by atoms with E-state index in [0.29, 0.717) is 42.7 Å². The van der Waals surface area contributed by atoms with Crippen LogP contribution in [0.1, 0.15) is 36.0 Å². The molecule has 1 aliphatic heterocycles. The van der Waals surface area contributed by atoms with Gasteiger partial charge in [0.1, 0.15) is 12.4 Å². The summed E-state index contributed by atoms with van der Waals surface area (Å²) < 4.78 is 11.7. The highest BCUT2D eigenvalue weighted by Gasteiger charge is 2.24. The van der Waals surface area contributed by atoms with Gasteiger partial charge in [-0.15, -0.1) is 0 Å². The molecule has 1 aromatic heterocycles. The van der Waals surface area contributed by atoms with E-state index in [9.17, 15) is 9.59 Å². The number of rotatable bonds is 7. The van der Waals surface area contributed by atoms with Crippen molar-refractivity contribution in [3.63, 3.8) is 0 Å². The number of primary amides is 1. The van der Waals surface area contributed by atoms with Crippen LogP contribution in [0.15, 0.2) is 24.4 Å². The first-order valence-corrected chi connectivity index (χ1v) is 8.87. The predicted molar refractivity (Wildman–Crippen MR) is 95.1 cm³/mol. The summed E-state index contributed by atoms with van der Waals surface area (Å²) in [6, 6.07) is 5.28. The molecule has 1 saturated carbocycles. The van der Waals surface area contributed by atoms with Crippen LogP contribution in [0.25, 0.3) is 10.8 Å². The van der Waals surface area contributed by atoms with Crippen LogP contribution in [-0.2, 0) is 4.79 Å². The number of fused-ring (bicyclic) bond motifs is 1. The van der Waals surface area contributed by atoms with E-state index >= 15 is 0 Å². The van der Waals surface area contributed by atoms with Gasteiger partial charge in [0, 0.05) is 18.0 Å². The lowest BCUT2D eigenvalue weighted by molar-refractivity contribution is -0.119. The summed E-state index contributed by atoms with van der Waals surface area (Å²) in [6.07, 6.45) is 5.22. The van der Waals surface area contributed by atoms with Gasteiger partial charge in [0.05, 0.1) is 18.2 Å². The normalized spacial score (nSPS) is 19.4. The summed E-state index contributed by atoms with van der Waals surface area (Å²) in [7, 11) is 0. The number of aromatic nitrogens is 1. The minimum Gasteiger partial charge on any atom is -0.492 e. The maximum atomic E-state index is 11.8. The van der Waals surface area contributed by atoms with Gasteiger partial charge in [0.15, 0.2) is 0 Å². The molecule has 2 aromatic rings. The minimum atomic E-state index is -0.523. The minimum absolute atomic E-state index is 0.00460. The first kappa shape index (κ1) is 16.6. The van der Waals surface area contributed by atoms with Gasteiger partial charge in [-0.05, 0) is 48.8 Å². The summed E-state index contributed by atoms with van der Waals surface area (Å²) in [4.78, 5) is 27.4. The fraction of sp³-hybridized carbons (Fsp3) is 0.421. The first-order valence-electron chi connectivity index (χ1n) is 8.87. The number of hydrogen-bond donors (Lipinski definition) is 2. The average molecular weight is 355 g/mol. The number of ether oxygens (including phenoxy) is 2. The van der Waals surface area contributed by atoms with Crippen LogP contribution >= 0.6 is 0 Å². The van der Waals surface area contributed by atoms with E-state index in [0.717, 1.165) is 30.0 Å². The predicted octanol–water partition coefficient (Wildman–Crippen LogP) is 1.78. The van der Waals surface area contributed by atoms with E-state index in [2.05, 4.69) is 10.3 Å². The fourth-order valence-corrected chi connectivity index (χ4v) is 3.08. The lowest BCUT2D eigenvalue weighted by atomic mass is 10.1. The summed E-state index contributed by atoms with van der Waals surface area (Å²) in [5, 5.41) is 4.43. The van der Waals surface area contributed by atoms with Gasteiger partial charge >= 0.3 is 0 Å². The number of nitrogens with two attached hydrogens (primary N) is 1. The van der Waals surface area contributed by atoms with Crippen molar-refractivity contribution in [3.05, 3.63) is 30.0 Å². The SMILES string of the molecule is NC(=O)c1cc2ccnc(OC[C@@H]3CCC(=O)N3)c2cc1OCC1CC1. The molecule has 0 bridgehead atoms. The zero-order valence-corrected chi connectivity index (χ0v) is 14.4. The molecule has 1 atom stereocenters. The van der Waals surface area contributed by atoms with Crippen molar-refractivity contribution in [2.24, 2.45) is 11.7 Å². The summed E-state index contributed by atoms with van der Waals surface area (Å²) in [5.74, 6) is 0.999. The maximum Gasteiger partial charge on any atom is 0.252 e. The van der Waals surface area contributed by atoms with Crippen molar-refractivity contribution in [2.45, 2.75) is 31.7 Å². The van der Waals surface area contributed by atoms with Crippen molar-refractivity contribution >= 4 is 22.6 Å². The van der Waals surface area contributed by atoms with Gasteiger partial charge in [0.25, 0.3) is 5.91 Å². The van der Waals surface area contributed by atoms with Gasteiger partial charge in [0.2, 0.25) is 11.8 Å². The highest BCUT2D eigenvalue weighted by atomic mass is 16.5. The second-order valence-corrected chi connectivity index (χ2v) is 6.92. The van der Waals surface area contributed by atoms with E-state index in [-0.39, 0.29) is 11.9 Å². The van der Waals surface area contributed by atoms with Crippen molar-refractivity contribution in [3.8, 4) is 11.6 Å². The highest BCUT2D eigenvalue weighted by Crippen LogP contribution is 2.34. The van der Waals surface area contributed by atoms with E-state index in [1.165, 1.54) is 0 Å². The van der Waals surface area contributed by atoms with Crippen LogP contribution in [0, 0.1) is 5.92 Å². The zero-order chi connectivity index (χ0) is 18.1. The molecule has 2 aliphatic rings. The third-order valence-corrected chi connectivity index (χ3v) is 4.77. The molecule has 0 spiro atoms. The van der Waals surface area contributed by atoms with Crippen molar-refractivity contribution in [1.82, 2.24) is 10.3 Å². The Labute approximate surface area is 150 Å². The monoisotopic (exact) mass is 355 g/mol. The number of carbonyl (C=O) groups is 2. The quantitative estimate of drug-likeness (QED) is 0.788. The number of nitrogens with one attached hydrogen (secondary N) is 1. The zero-order valence-electron chi connectivity index (χ0n) is 14.4. The molecule has 4 rings (SSSR count). The molecule has 2 fully saturated rings. The molecular weight excluding hydrogens is 334 g/mol. The Balaban J connectivity index is 1.61. The van der Waals surface area contributed by atoms with E-state index < -0.39 is 5.91 Å². The van der Waals surface area contributed by atoms with E-state index in [1.54, 1.807) is 24.4 Å². The molecule has 0 radical (unpaired) electrons. The Morgan fingerprint density at radius 2 is 2.08 bits per heavy atom. The van der Waals surface area contributed by atoms with Gasteiger partial charge < -0.3 is 20.5 Å². The summed E-state index contributed by atoms with van der Waals surface area (Å²) >= 11 is 0. The van der Waals surface area contributed by atoms with Crippen LogP contribution in [0.4, 0.5) is 0 Å². The number of amides is 2. The van der Waals surface area contributed by atoms with Crippen molar-refractivity contribution in [2.75, 3.05) is 13.2 Å². The van der Waals surface area contributed by atoms with Gasteiger partial charge in [-0.3, -0.25) is 9.59 Å². The molecule has 7 heteroatoms. The number of pyridine rings is 1. The lowest BCUT2D eigenvalue weighted by Crippen LogP contribution is -2.31. The van der Waals surface area contributed by atoms with Crippen molar-refractivity contribution in [1.29, 1.82) is 0 Å². The van der Waals surface area contributed by atoms with Crippen LogP contribution in [0.3, 0.4) is 0 Å². The van der Waals surface area contributed by atoms with Crippen LogP contribution in [0.5, 0.6) is 11.6 Å². The molecule has 136 valence electrons. The Morgan fingerprint density at radius 3 is 2.77 bits per heavy atom. The van der Waals surface area contributed by atoms with Crippen LogP contribution in [0.2, 0.25) is 0 Å². The first-order chi connectivity index (χ1) is 12.6. The number of hydrogen-bond acceptors (Lipinski definition) is 5. The molecular formula is C19H21N3O4. The fourth-order valence-electron chi connectivity index (χ4n) is 3.08. The number of nitrogens with zero attached hydrogens (tertiary/aromatic N) is 1. The van der Waals surface area contributed by atoms with Crippen molar-refractivity contribution < 1.29 is 19.1 Å². The van der Waals surface area contributed by atoms with E-state index in [4.69, 9.17) is 15.2 Å². The molecule has 1 aromatic carbocycles. The molecule has 26 heavy (non-hydrogen) atoms. The Kier molecular flexibility index (Phi) is 4.36. The highest BCUT2D eigenvalue weighted by molar-refractivity contribution is 6.01. The van der Waals surface area contributed by atoms with E-state index in [1.807, 2.05) is 0 Å². The van der Waals surface area contributed by atoms with Crippen LogP contribution < -0.4 is 20.5 Å². The van der Waals surface area contributed by atoms with Gasteiger partial charge in [-0.2, -0.15) is 0 Å². The smallest absolute Gasteiger partial charge is 0.252 e. The lowest BCUT2D eigenvalue weighted by Gasteiger charge is -2.15.